The van der Waals surface area contributed by atoms with Gasteiger partial charge in [-0.3, -0.25) is 4.79 Å². The number of rotatable bonds is 8. The molecule has 0 heterocycles. The van der Waals surface area contributed by atoms with E-state index < -0.39 is 0 Å². The average Bonchev–Trinajstić information content (AvgIpc) is 3.25. The van der Waals surface area contributed by atoms with Crippen molar-refractivity contribution in [3.05, 3.63) is 65.0 Å². The highest BCUT2D eigenvalue weighted by Crippen LogP contribution is 2.30. The summed E-state index contributed by atoms with van der Waals surface area (Å²) >= 11 is 0. The molecule has 1 amide bonds. The van der Waals surface area contributed by atoms with E-state index in [1.165, 1.54) is 12.1 Å². The van der Waals surface area contributed by atoms with Gasteiger partial charge in [-0.05, 0) is 49.6 Å². The van der Waals surface area contributed by atoms with E-state index in [9.17, 15) is 14.4 Å². The Bertz CT molecular complexity index is 959. The fourth-order valence-electron chi connectivity index (χ4n) is 3.42. The molecule has 2 aromatic carbocycles. The van der Waals surface area contributed by atoms with Gasteiger partial charge in [0.1, 0.15) is 24.1 Å². The minimum Gasteiger partial charge on any atom is -0.490 e. The number of carbonyl (C=O) groups is 1. The molecule has 30 heavy (non-hydrogen) atoms. The van der Waals surface area contributed by atoms with E-state index in [0.717, 1.165) is 25.7 Å². The number of amides is 1. The third-order valence-corrected chi connectivity index (χ3v) is 4.98. The van der Waals surface area contributed by atoms with Crippen LogP contribution < -0.4 is 14.8 Å². The molecule has 0 saturated heterocycles. The molecule has 0 bridgehead atoms. The van der Waals surface area contributed by atoms with Crippen LogP contribution >= 0.6 is 0 Å². The lowest BCUT2D eigenvalue weighted by Crippen LogP contribution is -2.33. The molecule has 1 aliphatic carbocycles. The number of nitrogens with one attached hydrogen (secondary N) is 1. The summed E-state index contributed by atoms with van der Waals surface area (Å²) in [6, 6.07) is 13.7. The van der Waals surface area contributed by atoms with Crippen LogP contribution in [0.4, 0.5) is 4.39 Å². The molecule has 0 aliphatic heterocycles. The molecule has 1 saturated carbocycles. The van der Waals surface area contributed by atoms with Gasteiger partial charge in [0, 0.05) is 11.6 Å². The van der Waals surface area contributed by atoms with Crippen LogP contribution in [0.5, 0.6) is 11.5 Å². The van der Waals surface area contributed by atoms with Gasteiger partial charge >= 0.3 is 0 Å². The fraction of sp³-hybridized carbons (Fsp3) is 0.333. The van der Waals surface area contributed by atoms with Crippen molar-refractivity contribution in [3.63, 3.8) is 0 Å². The summed E-state index contributed by atoms with van der Waals surface area (Å²) < 4.78 is 25.2. The van der Waals surface area contributed by atoms with Crippen LogP contribution in [0, 0.1) is 17.1 Å². The van der Waals surface area contributed by atoms with E-state index in [0.29, 0.717) is 29.2 Å². The number of halogens is 1. The summed E-state index contributed by atoms with van der Waals surface area (Å²) in [5.41, 5.74) is 1.14. The zero-order valence-electron chi connectivity index (χ0n) is 17.0. The normalized spacial score (nSPS) is 14.2. The molecule has 2 aromatic rings. The van der Waals surface area contributed by atoms with Gasteiger partial charge in [-0.1, -0.05) is 37.1 Å². The van der Waals surface area contributed by atoms with Gasteiger partial charge in [-0.25, -0.2) is 4.39 Å². The van der Waals surface area contributed by atoms with Gasteiger partial charge in [-0.2, -0.15) is 5.26 Å². The van der Waals surface area contributed by atoms with Crippen LogP contribution in [-0.4, -0.2) is 18.6 Å². The van der Waals surface area contributed by atoms with Crippen LogP contribution in [0.25, 0.3) is 6.08 Å². The van der Waals surface area contributed by atoms with Gasteiger partial charge in [0.15, 0.2) is 11.5 Å². The van der Waals surface area contributed by atoms with Crippen molar-refractivity contribution < 1.29 is 18.7 Å². The van der Waals surface area contributed by atoms with Gasteiger partial charge in [0.25, 0.3) is 5.91 Å². The number of nitrogens with zero attached hydrogens (tertiary/aromatic N) is 1. The van der Waals surface area contributed by atoms with Crippen LogP contribution in [0.3, 0.4) is 0 Å². The molecule has 156 valence electrons. The van der Waals surface area contributed by atoms with E-state index in [4.69, 9.17) is 9.47 Å². The molecule has 1 aliphatic rings. The van der Waals surface area contributed by atoms with Crippen molar-refractivity contribution in [2.45, 2.75) is 45.3 Å². The molecular weight excluding hydrogens is 383 g/mol. The third-order valence-electron chi connectivity index (χ3n) is 4.98. The van der Waals surface area contributed by atoms with Crippen molar-refractivity contribution in [2.75, 3.05) is 6.61 Å². The van der Waals surface area contributed by atoms with Gasteiger partial charge in [0.05, 0.1) is 6.61 Å². The van der Waals surface area contributed by atoms with E-state index >= 15 is 0 Å². The Balaban J connectivity index is 1.75. The van der Waals surface area contributed by atoms with Crippen molar-refractivity contribution in [3.8, 4) is 17.6 Å². The Morgan fingerprint density at radius 3 is 2.67 bits per heavy atom. The minimum absolute atomic E-state index is 0.0457. The number of ether oxygens (including phenoxy) is 2. The quantitative estimate of drug-likeness (QED) is 0.505. The molecule has 1 N–H and O–H groups in total. The predicted octanol–water partition coefficient (Wildman–Crippen LogP) is 4.77. The van der Waals surface area contributed by atoms with Crippen LogP contribution in [0.1, 0.15) is 43.7 Å². The lowest BCUT2D eigenvalue weighted by molar-refractivity contribution is -0.117. The van der Waals surface area contributed by atoms with E-state index in [2.05, 4.69) is 5.32 Å². The number of benzene rings is 2. The molecular formula is C24H25FN2O3. The second-order valence-electron chi connectivity index (χ2n) is 7.14. The van der Waals surface area contributed by atoms with Crippen molar-refractivity contribution in [1.29, 1.82) is 5.26 Å². The lowest BCUT2D eigenvalue weighted by Gasteiger charge is -2.13. The zero-order chi connectivity index (χ0) is 21.3. The van der Waals surface area contributed by atoms with Crippen LogP contribution in [0.15, 0.2) is 48.0 Å². The molecule has 6 heteroatoms. The second-order valence-corrected chi connectivity index (χ2v) is 7.14. The Kier molecular flexibility index (Phi) is 7.45. The monoisotopic (exact) mass is 408 g/mol. The fourth-order valence-corrected chi connectivity index (χ4v) is 3.42. The average molecular weight is 408 g/mol. The maximum absolute atomic E-state index is 13.8. The first kappa shape index (κ1) is 21.4. The Morgan fingerprint density at radius 2 is 1.97 bits per heavy atom. The number of hydrogen-bond donors (Lipinski definition) is 1. The smallest absolute Gasteiger partial charge is 0.262 e. The van der Waals surface area contributed by atoms with Gasteiger partial charge < -0.3 is 14.8 Å². The molecule has 5 nitrogen and oxygen atoms in total. The first-order valence-corrected chi connectivity index (χ1v) is 10.2. The van der Waals surface area contributed by atoms with Crippen LogP contribution in [-0.2, 0) is 11.4 Å². The van der Waals surface area contributed by atoms with Crippen molar-refractivity contribution >= 4 is 12.0 Å². The Labute approximate surface area is 176 Å². The van der Waals surface area contributed by atoms with E-state index in [1.54, 1.807) is 36.4 Å². The molecule has 1 fully saturated rings. The maximum Gasteiger partial charge on any atom is 0.262 e. The number of nitriles is 1. The summed E-state index contributed by atoms with van der Waals surface area (Å²) in [4.78, 5) is 12.4. The molecule has 0 aromatic heterocycles. The number of hydrogen-bond acceptors (Lipinski definition) is 4. The highest BCUT2D eigenvalue weighted by atomic mass is 19.1. The minimum atomic E-state index is -0.359. The lowest BCUT2D eigenvalue weighted by atomic mass is 10.1. The molecule has 0 spiro atoms. The summed E-state index contributed by atoms with van der Waals surface area (Å²) in [6.45, 7) is 2.32. The summed E-state index contributed by atoms with van der Waals surface area (Å²) in [5.74, 6) is 0.242. The number of carbonyl (C=O) groups excluding carboxylic acids is 1. The zero-order valence-corrected chi connectivity index (χ0v) is 17.0. The van der Waals surface area contributed by atoms with Gasteiger partial charge in [-0.15, -0.1) is 0 Å². The highest BCUT2D eigenvalue weighted by Gasteiger charge is 2.19. The van der Waals surface area contributed by atoms with Gasteiger partial charge in [0.2, 0.25) is 0 Å². The molecule has 0 radical (unpaired) electrons. The topological polar surface area (TPSA) is 71.3 Å². The molecule has 0 atom stereocenters. The van der Waals surface area contributed by atoms with Crippen molar-refractivity contribution in [1.82, 2.24) is 5.32 Å². The first-order chi connectivity index (χ1) is 14.6. The molecule has 3 rings (SSSR count). The summed E-state index contributed by atoms with van der Waals surface area (Å²) in [6.07, 6.45) is 5.64. The summed E-state index contributed by atoms with van der Waals surface area (Å²) in [7, 11) is 0. The van der Waals surface area contributed by atoms with Crippen molar-refractivity contribution in [2.24, 2.45) is 0 Å². The Morgan fingerprint density at radius 1 is 1.20 bits per heavy atom. The molecule has 0 unspecified atom stereocenters. The standard InChI is InChI=1S/C24H25FN2O3/c1-2-29-23-14-17(13-19(15-26)24(28)27-20-8-4-5-9-20)11-12-22(23)30-16-18-7-3-6-10-21(18)25/h3,6-7,10-14,20H,2,4-5,8-9,16H2,1H3,(H,27,28)/b19-13-. The van der Waals surface area contributed by atoms with E-state index in [-0.39, 0.29) is 29.9 Å². The largest absolute Gasteiger partial charge is 0.490 e. The summed E-state index contributed by atoms with van der Waals surface area (Å²) in [5, 5.41) is 12.3. The van der Waals surface area contributed by atoms with Crippen LogP contribution in [0.2, 0.25) is 0 Å². The third kappa shape index (κ3) is 5.60. The second kappa shape index (κ2) is 10.4. The first-order valence-electron chi connectivity index (χ1n) is 10.2. The highest BCUT2D eigenvalue weighted by molar-refractivity contribution is 6.01. The predicted molar refractivity (Wildman–Crippen MR) is 112 cm³/mol. The maximum atomic E-state index is 13.8. The Hall–Kier alpha value is -3.33. The SMILES string of the molecule is CCOc1cc(/C=C(/C#N)C(=O)NC2CCCC2)ccc1OCc1ccccc1F. The van der Waals surface area contributed by atoms with E-state index in [1.807, 2.05) is 13.0 Å².